The molecule has 26 heavy (non-hydrogen) atoms. The molecule has 3 aromatic rings. The van der Waals surface area contributed by atoms with Crippen LogP contribution in [-0.4, -0.2) is 22.5 Å². The van der Waals surface area contributed by atoms with Gasteiger partial charge in [0.2, 0.25) is 0 Å². The number of non-ortho nitro benzene ring substituents is 1. The van der Waals surface area contributed by atoms with E-state index in [-0.39, 0.29) is 17.9 Å². The Balaban J connectivity index is 2.16. The summed E-state index contributed by atoms with van der Waals surface area (Å²) in [5.74, 6) is -0.519. The van der Waals surface area contributed by atoms with Crippen LogP contribution in [0.4, 0.5) is 17.1 Å². The Kier molecular flexibility index (Phi) is 5.13. The summed E-state index contributed by atoms with van der Waals surface area (Å²) in [5.41, 5.74) is 1.85. The van der Waals surface area contributed by atoms with E-state index in [0.717, 1.165) is 4.47 Å². The number of esters is 1. The molecule has 0 saturated heterocycles. The number of anilines is 2. The molecule has 0 saturated carbocycles. The zero-order chi connectivity index (χ0) is 18.7. The van der Waals surface area contributed by atoms with Crippen LogP contribution in [-0.2, 0) is 4.74 Å². The van der Waals surface area contributed by atoms with E-state index >= 15 is 0 Å². The van der Waals surface area contributed by atoms with Gasteiger partial charge in [-0.25, -0.2) is 4.79 Å². The molecular weight excluding hydrogens is 402 g/mol. The third kappa shape index (κ3) is 3.65. The minimum Gasteiger partial charge on any atom is -0.462 e. The molecule has 0 aliphatic rings. The molecule has 7 nitrogen and oxygen atoms in total. The zero-order valence-corrected chi connectivity index (χ0v) is 15.3. The number of nitro groups is 1. The van der Waals surface area contributed by atoms with Gasteiger partial charge in [0.1, 0.15) is 5.56 Å². The Hall–Kier alpha value is -3.00. The molecule has 0 aliphatic carbocycles. The lowest BCUT2D eigenvalue weighted by molar-refractivity contribution is -0.384. The van der Waals surface area contributed by atoms with Crippen LogP contribution in [0.25, 0.3) is 10.9 Å². The first-order chi connectivity index (χ1) is 12.5. The van der Waals surface area contributed by atoms with Crippen LogP contribution in [0.5, 0.6) is 0 Å². The lowest BCUT2D eigenvalue weighted by Gasteiger charge is -2.14. The highest BCUT2D eigenvalue weighted by atomic mass is 79.9. The number of hydrogen-bond donors (Lipinski definition) is 1. The summed E-state index contributed by atoms with van der Waals surface area (Å²) in [6, 6.07) is 11.5. The molecular formula is C18H14BrN3O4. The van der Waals surface area contributed by atoms with Gasteiger partial charge in [0.15, 0.2) is 0 Å². The number of ether oxygens (including phenoxy) is 1. The Morgan fingerprint density at radius 3 is 2.85 bits per heavy atom. The van der Waals surface area contributed by atoms with Gasteiger partial charge in [-0.2, -0.15) is 0 Å². The fourth-order valence-electron chi connectivity index (χ4n) is 2.50. The van der Waals surface area contributed by atoms with Crippen molar-refractivity contribution < 1.29 is 14.5 Å². The maximum Gasteiger partial charge on any atom is 0.341 e. The van der Waals surface area contributed by atoms with Gasteiger partial charge in [0, 0.05) is 33.9 Å². The number of nitrogens with zero attached hydrogens (tertiary/aromatic N) is 2. The van der Waals surface area contributed by atoms with Crippen molar-refractivity contribution in [1.82, 2.24) is 4.98 Å². The Morgan fingerprint density at radius 1 is 1.31 bits per heavy atom. The Labute approximate surface area is 157 Å². The number of pyridine rings is 1. The maximum atomic E-state index is 12.3. The second kappa shape index (κ2) is 7.49. The third-order valence-electron chi connectivity index (χ3n) is 3.65. The first kappa shape index (κ1) is 17.8. The van der Waals surface area contributed by atoms with Gasteiger partial charge in [-0.1, -0.05) is 22.0 Å². The first-order valence-electron chi connectivity index (χ1n) is 7.76. The topological polar surface area (TPSA) is 94.4 Å². The predicted octanol–water partition coefficient (Wildman–Crippen LogP) is 4.83. The van der Waals surface area contributed by atoms with E-state index in [1.54, 1.807) is 19.1 Å². The summed E-state index contributed by atoms with van der Waals surface area (Å²) in [7, 11) is 0. The van der Waals surface area contributed by atoms with E-state index in [1.165, 1.54) is 18.3 Å². The number of fused-ring (bicyclic) bond motifs is 1. The van der Waals surface area contributed by atoms with Gasteiger partial charge >= 0.3 is 5.97 Å². The highest BCUT2D eigenvalue weighted by Crippen LogP contribution is 2.32. The number of nitrogens with one attached hydrogen (secondary N) is 1. The summed E-state index contributed by atoms with van der Waals surface area (Å²) in [6.45, 7) is 1.95. The van der Waals surface area contributed by atoms with Gasteiger partial charge in [-0.15, -0.1) is 0 Å². The normalized spacial score (nSPS) is 10.5. The summed E-state index contributed by atoms with van der Waals surface area (Å²) in [5, 5.41) is 14.8. The van der Waals surface area contributed by atoms with E-state index in [0.29, 0.717) is 22.3 Å². The molecule has 0 atom stereocenters. The average molecular weight is 416 g/mol. The van der Waals surface area contributed by atoms with Gasteiger partial charge in [0.25, 0.3) is 5.69 Å². The number of aromatic nitrogens is 1. The van der Waals surface area contributed by atoms with Crippen molar-refractivity contribution >= 4 is 49.9 Å². The summed E-state index contributed by atoms with van der Waals surface area (Å²) in [6.07, 6.45) is 1.44. The summed E-state index contributed by atoms with van der Waals surface area (Å²) >= 11 is 3.41. The number of benzene rings is 2. The van der Waals surface area contributed by atoms with Crippen molar-refractivity contribution in [2.24, 2.45) is 0 Å². The highest BCUT2D eigenvalue weighted by molar-refractivity contribution is 9.10. The number of halogens is 1. The lowest BCUT2D eigenvalue weighted by Crippen LogP contribution is -2.09. The van der Waals surface area contributed by atoms with E-state index in [4.69, 9.17) is 4.74 Å². The number of hydrogen-bond acceptors (Lipinski definition) is 6. The van der Waals surface area contributed by atoms with Crippen LogP contribution in [0.2, 0.25) is 0 Å². The van der Waals surface area contributed by atoms with Gasteiger partial charge < -0.3 is 10.1 Å². The Bertz CT molecular complexity index is 1010. The van der Waals surface area contributed by atoms with Gasteiger partial charge in [-0.3, -0.25) is 15.1 Å². The van der Waals surface area contributed by atoms with Crippen molar-refractivity contribution in [2.45, 2.75) is 6.92 Å². The molecule has 0 amide bonds. The molecule has 2 aromatic carbocycles. The third-order valence-corrected chi connectivity index (χ3v) is 4.14. The molecule has 3 rings (SSSR count). The van der Waals surface area contributed by atoms with Gasteiger partial charge in [-0.05, 0) is 31.2 Å². The summed E-state index contributed by atoms with van der Waals surface area (Å²) < 4.78 is 5.92. The molecule has 0 aliphatic heterocycles. The highest BCUT2D eigenvalue weighted by Gasteiger charge is 2.18. The standard InChI is InChI=1S/C18H14BrN3O4/c1-2-26-18(23)15-10-20-16-7-6-11(19)8-14(16)17(15)21-12-4-3-5-13(9-12)22(24)25/h3-10H,2H2,1H3,(H,20,21). The van der Waals surface area contributed by atoms with Crippen molar-refractivity contribution in [2.75, 3.05) is 11.9 Å². The largest absolute Gasteiger partial charge is 0.462 e. The number of carbonyl (C=O) groups is 1. The van der Waals surface area contributed by atoms with E-state index < -0.39 is 10.9 Å². The van der Waals surface area contributed by atoms with E-state index in [1.807, 2.05) is 18.2 Å². The smallest absolute Gasteiger partial charge is 0.341 e. The van der Waals surface area contributed by atoms with Crippen LogP contribution in [0.15, 0.2) is 53.1 Å². The minimum absolute atomic E-state index is 0.0489. The fraction of sp³-hybridized carbons (Fsp3) is 0.111. The molecule has 0 radical (unpaired) electrons. The molecule has 132 valence electrons. The lowest BCUT2D eigenvalue weighted by atomic mass is 10.1. The minimum atomic E-state index is -0.519. The van der Waals surface area contributed by atoms with Crippen molar-refractivity contribution in [3.05, 3.63) is 68.8 Å². The number of nitro benzene ring substituents is 1. The average Bonchev–Trinajstić information content (AvgIpc) is 2.62. The maximum absolute atomic E-state index is 12.3. The van der Waals surface area contributed by atoms with Crippen LogP contribution < -0.4 is 5.32 Å². The fourth-order valence-corrected chi connectivity index (χ4v) is 2.87. The second-order valence-corrected chi connectivity index (χ2v) is 6.28. The van der Waals surface area contributed by atoms with Crippen molar-refractivity contribution in [1.29, 1.82) is 0 Å². The van der Waals surface area contributed by atoms with Crippen LogP contribution >= 0.6 is 15.9 Å². The summed E-state index contributed by atoms with van der Waals surface area (Å²) in [4.78, 5) is 27.2. The molecule has 0 unspecified atom stereocenters. The molecule has 1 N–H and O–H groups in total. The predicted molar refractivity (Wildman–Crippen MR) is 102 cm³/mol. The van der Waals surface area contributed by atoms with Gasteiger partial charge in [0.05, 0.1) is 22.7 Å². The number of carbonyl (C=O) groups excluding carboxylic acids is 1. The molecule has 8 heteroatoms. The SMILES string of the molecule is CCOC(=O)c1cnc2ccc(Br)cc2c1Nc1cccc([N+](=O)[O-])c1. The monoisotopic (exact) mass is 415 g/mol. The van der Waals surface area contributed by atoms with E-state index in [9.17, 15) is 14.9 Å². The van der Waals surface area contributed by atoms with Crippen LogP contribution in [0, 0.1) is 10.1 Å². The van der Waals surface area contributed by atoms with E-state index in [2.05, 4.69) is 26.2 Å². The molecule has 1 aromatic heterocycles. The second-order valence-electron chi connectivity index (χ2n) is 5.36. The molecule has 0 bridgehead atoms. The number of rotatable bonds is 5. The molecule has 0 fully saturated rings. The molecule has 0 spiro atoms. The molecule has 1 heterocycles. The Morgan fingerprint density at radius 2 is 2.12 bits per heavy atom. The quantitative estimate of drug-likeness (QED) is 0.364. The first-order valence-corrected chi connectivity index (χ1v) is 8.55. The van der Waals surface area contributed by atoms with Crippen LogP contribution in [0.1, 0.15) is 17.3 Å². The van der Waals surface area contributed by atoms with Crippen LogP contribution in [0.3, 0.4) is 0 Å². The zero-order valence-electron chi connectivity index (χ0n) is 13.7. The van der Waals surface area contributed by atoms with Crippen molar-refractivity contribution in [3.8, 4) is 0 Å². The van der Waals surface area contributed by atoms with Crippen molar-refractivity contribution in [3.63, 3.8) is 0 Å².